The number of piperazine rings is 1. The third kappa shape index (κ3) is 7.57. The second-order valence-electron chi connectivity index (χ2n) is 7.12. The first-order chi connectivity index (χ1) is 15.6. The van der Waals surface area contributed by atoms with E-state index in [-0.39, 0.29) is 23.9 Å². The van der Waals surface area contributed by atoms with Gasteiger partial charge < -0.3 is 20.3 Å². The van der Waals surface area contributed by atoms with Crippen molar-refractivity contribution in [3.05, 3.63) is 58.6 Å². The molecule has 1 aliphatic rings. The number of nitro groups is 1. The van der Waals surface area contributed by atoms with Gasteiger partial charge in [0.25, 0.3) is 5.69 Å². The van der Waals surface area contributed by atoms with E-state index in [2.05, 4.69) is 15.4 Å². The van der Waals surface area contributed by atoms with Crippen molar-refractivity contribution in [1.82, 2.24) is 9.80 Å². The van der Waals surface area contributed by atoms with Gasteiger partial charge in [-0.15, -0.1) is 13.2 Å². The van der Waals surface area contributed by atoms with Crippen molar-refractivity contribution >= 4 is 40.3 Å². The Morgan fingerprint density at radius 1 is 1.00 bits per heavy atom. The summed E-state index contributed by atoms with van der Waals surface area (Å²) >= 11 is 5.40. The highest BCUT2D eigenvalue weighted by Gasteiger charge is 2.31. The lowest BCUT2D eigenvalue weighted by atomic mass is 10.3. The third-order valence-electron chi connectivity index (χ3n) is 4.73. The molecule has 0 spiro atoms. The Balaban J connectivity index is 1.41. The molecule has 0 saturated carbocycles. The maximum atomic E-state index is 12.3. The van der Waals surface area contributed by atoms with Crippen molar-refractivity contribution < 1.29 is 27.6 Å². The van der Waals surface area contributed by atoms with Gasteiger partial charge in [0.05, 0.1) is 11.5 Å². The van der Waals surface area contributed by atoms with E-state index >= 15 is 0 Å². The topological polar surface area (TPSA) is 100.0 Å². The largest absolute Gasteiger partial charge is 0.573 e. The molecule has 1 fully saturated rings. The summed E-state index contributed by atoms with van der Waals surface area (Å²) in [6, 6.07) is 10.8. The summed E-state index contributed by atoms with van der Waals surface area (Å²) in [4.78, 5) is 26.4. The predicted molar refractivity (Wildman–Crippen MR) is 119 cm³/mol. The van der Waals surface area contributed by atoms with Crippen molar-refractivity contribution in [3.8, 4) is 5.75 Å². The number of benzene rings is 2. The summed E-state index contributed by atoms with van der Waals surface area (Å²) in [5.74, 6) is -0.658. The number of amides is 1. The average Bonchev–Trinajstić information content (AvgIpc) is 2.75. The number of halogens is 3. The normalized spacial score (nSPS) is 14.5. The standard InChI is InChI=1S/C20H20F3N5O4S/c21-20(22,23)32-17-7-3-14(4-8-17)24-18(29)13-26-9-11-27(12-10-26)19(33)25-15-1-5-16(6-2-15)28(30)31/h1-8H,9-13H2,(H,24,29)(H,25,33). The van der Waals surface area contributed by atoms with Crippen molar-refractivity contribution in [3.63, 3.8) is 0 Å². The average molecular weight is 483 g/mol. The van der Waals surface area contributed by atoms with E-state index in [1.54, 1.807) is 12.1 Å². The fraction of sp³-hybridized carbons (Fsp3) is 0.300. The van der Waals surface area contributed by atoms with E-state index in [9.17, 15) is 28.1 Å². The second-order valence-corrected chi connectivity index (χ2v) is 7.50. The molecular weight excluding hydrogens is 463 g/mol. The number of alkyl halides is 3. The Kier molecular flexibility index (Phi) is 7.66. The van der Waals surface area contributed by atoms with Crippen LogP contribution < -0.4 is 15.4 Å². The molecule has 33 heavy (non-hydrogen) atoms. The molecule has 0 atom stereocenters. The lowest BCUT2D eigenvalue weighted by Crippen LogP contribution is -2.51. The Morgan fingerprint density at radius 3 is 2.09 bits per heavy atom. The third-order valence-corrected chi connectivity index (χ3v) is 5.09. The summed E-state index contributed by atoms with van der Waals surface area (Å²) < 4.78 is 40.4. The van der Waals surface area contributed by atoms with Crippen LogP contribution in [0.3, 0.4) is 0 Å². The van der Waals surface area contributed by atoms with Crippen molar-refractivity contribution in [2.24, 2.45) is 0 Å². The summed E-state index contributed by atoms with van der Waals surface area (Å²) in [7, 11) is 0. The van der Waals surface area contributed by atoms with Crippen molar-refractivity contribution in [1.29, 1.82) is 0 Å². The van der Waals surface area contributed by atoms with Crippen LogP contribution >= 0.6 is 12.2 Å². The highest BCUT2D eigenvalue weighted by Crippen LogP contribution is 2.24. The maximum absolute atomic E-state index is 12.3. The van der Waals surface area contributed by atoms with Gasteiger partial charge in [-0.05, 0) is 48.6 Å². The Hall–Kier alpha value is -3.45. The molecule has 1 amide bonds. The molecule has 0 unspecified atom stereocenters. The van der Waals surface area contributed by atoms with Crippen LogP contribution in [-0.4, -0.2) is 64.8 Å². The number of thiocarbonyl (C=S) groups is 1. The van der Waals surface area contributed by atoms with E-state index in [1.165, 1.54) is 24.3 Å². The zero-order chi connectivity index (χ0) is 24.0. The number of nitrogens with zero attached hydrogens (tertiary/aromatic N) is 3. The molecular formula is C20H20F3N5O4S. The quantitative estimate of drug-likeness (QED) is 0.366. The van der Waals surface area contributed by atoms with Gasteiger partial charge in [0.15, 0.2) is 5.11 Å². The number of ether oxygens (including phenoxy) is 1. The van der Waals surface area contributed by atoms with Crippen LogP contribution in [0.25, 0.3) is 0 Å². The van der Waals surface area contributed by atoms with Crippen LogP contribution in [0.4, 0.5) is 30.2 Å². The van der Waals surface area contributed by atoms with Gasteiger partial charge in [-0.1, -0.05) is 0 Å². The van der Waals surface area contributed by atoms with Crippen LogP contribution in [0.5, 0.6) is 5.75 Å². The molecule has 0 aliphatic carbocycles. The maximum Gasteiger partial charge on any atom is 0.573 e. The minimum Gasteiger partial charge on any atom is -0.406 e. The molecule has 9 nitrogen and oxygen atoms in total. The van der Waals surface area contributed by atoms with Crippen LogP contribution in [0.2, 0.25) is 0 Å². The van der Waals surface area contributed by atoms with Gasteiger partial charge in [-0.2, -0.15) is 0 Å². The SMILES string of the molecule is O=C(CN1CCN(C(=S)Nc2ccc([N+](=O)[O-])cc2)CC1)Nc1ccc(OC(F)(F)F)cc1. The first-order valence-electron chi connectivity index (χ1n) is 9.77. The lowest BCUT2D eigenvalue weighted by molar-refractivity contribution is -0.384. The Labute approximate surface area is 192 Å². The molecule has 0 radical (unpaired) electrons. The van der Waals surface area contributed by atoms with E-state index < -0.39 is 11.3 Å². The van der Waals surface area contributed by atoms with Crippen LogP contribution in [0, 0.1) is 10.1 Å². The number of rotatable bonds is 6. The van der Waals surface area contributed by atoms with Crippen LogP contribution in [0.1, 0.15) is 0 Å². The summed E-state index contributed by atoms with van der Waals surface area (Å²) in [5, 5.41) is 16.9. The molecule has 176 valence electrons. The van der Waals surface area contributed by atoms with Crippen molar-refractivity contribution in [2.75, 3.05) is 43.4 Å². The first kappa shape index (κ1) is 24.2. The Bertz CT molecular complexity index is 994. The van der Waals surface area contributed by atoms with E-state index in [0.29, 0.717) is 42.7 Å². The number of carbonyl (C=O) groups is 1. The summed E-state index contributed by atoms with van der Waals surface area (Å²) in [5.41, 5.74) is 0.990. The predicted octanol–water partition coefficient (Wildman–Crippen LogP) is 3.45. The number of hydrogen-bond acceptors (Lipinski definition) is 6. The molecule has 1 aliphatic heterocycles. The molecule has 2 aromatic rings. The fourth-order valence-corrected chi connectivity index (χ4v) is 3.42. The second kappa shape index (κ2) is 10.4. The molecule has 1 saturated heterocycles. The minimum atomic E-state index is -4.77. The molecule has 13 heteroatoms. The van der Waals surface area contributed by atoms with Gasteiger partial charge >= 0.3 is 6.36 Å². The highest BCUT2D eigenvalue weighted by molar-refractivity contribution is 7.80. The molecule has 0 bridgehead atoms. The van der Waals surface area contributed by atoms with Crippen LogP contribution in [0.15, 0.2) is 48.5 Å². The molecule has 1 heterocycles. The minimum absolute atomic E-state index is 0.0102. The zero-order valence-corrected chi connectivity index (χ0v) is 18.0. The number of nitrogens with one attached hydrogen (secondary N) is 2. The summed E-state index contributed by atoms with van der Waals surface area (Å²) in [6.07, 6.45) is -4.77. The first-order valence-corrected chi connectivity index (χ1v) is 10.2. The molecule has 2 N–H and O–H groups in total. The van der Waals surface area contributed by atoms with E-state index in [4.69, 9.17) is 12.2 Å². The van der Waals surface area contributed by atoms with Gasteiger partial charge in [0, 0.05) is 49.7 Å². The van der Waals surface area contributed by atoms with E-state index in [1.807, 2.05) is 9.80 Å². The smallest absolute Gasteiger partial charge is 0.406 e. The zero-order valence-electron chi connectivity index (χ0n) is 17.2. The van der Waals surface area contributed by atoms with Gasteiger partial charge in [0.2, 0.25) is 5.91 Å². The molecule has 2 aromatic carbocycles. The van der Waals surface area contributed by atoms with Gasteiger partial charge in [0.1, 0.15) is 5.75 Å². The van der Waals surface area contributed by atoms with Crippen molar-refractivity contribution in [2.45, 2.75) is 6.36 Å². The number of carbonyl (C=O) groups excluding carboxylic acids is 1. The number of non-ortho nitro benzene ring substituents is 1. The van der Waals surface area contributed by atoms with Crippen LogP contribution in [-0.2, 0) is 4.79 Å². The fourth-order valence-electron chi connectivity index (χ4n) is 3.12. The number of hydrogen-bond donors (Lipinski definition) is 2. The van der Waals surface area contributed by atoms with Gasteiger partial charge in [-0.3, -0.25) is 19.8 Å². The lowest BCUT2D eigenvalue weighted by Gasteiger charge is -2.35. The van der Waals surface area contributed by atoms with E-state index in [0.717, 1.165) is 12.1 Å². The number of nitro benzene ring substituents is 1. The molecule has 3 rings (SSSR count). The van der Waals surface area contributed by atoms with Gasteiger partial charge in [-0.25, -0.2) is 0 Å². The highest BCUT2D eigenvalue weighted by atomic mass is 32.1. The summed E-state index contributed by atoms with van der Waals surface area (Å²) in [6.45, 7) is 2.43. The monoisotopic (exact) mass is 483 g/mol. The number of anilines is 2. The Morgan fingerprint density at radius 2 is 1.55 bits per heavy atom. The molecule has 0 aromatic heterocycles.